The second-order valence-corrected chi connectivity index (χ2v) is 5.18. The molecule has 0 bridgehead atoms. The molecule has 1 aromatic carbocycles. The number of nitro benzene ring substituents is 1. The zero-order valence-corrected chi connectivity index (χ0v) is 12.3. The Kier molecular flexibility index (Phi) is 5.95. The largest absolute Gasteiger partial charge is 0.484 e. The number of nitro groups is 1. The minimum absolute atomic E-state index is 0.0144. The minimum Gasteiger partial charge on any atom is -0.484 e. The smallest absolute Gasteiger partial charge is 0.311 e. The number of hydrogen-bond acceptors (Lipinski definition) is 5. The predicted molar refractivity (Wildman–Crippen MR) is 79.6 cm³/mol. The molecule has 6 heteroatoms. The van der Waals surface area contributed by atoms with Gasteiger partial charge in [0.25, 0.3) is 0 Å². The summed E-state index contributed by atoms with van der Waals surface area (Å²) in [7, 11) is 0. The van der Waals surface area contributed by atoms with E-state index in [2.05, 4.69) is 5.32 Å². The van der Waals surface area contributed by atoms with E-state index in [0.29, 0.717) is 38.2 Å². The average Bonchev–Trinajstić information content (AvgIpc) is 3.29. The summed E-state index contributed by atoms with van der Waals surface area (Å²) in [4.78, 5) is 10.7. The zero-order chi connectivity index (χ0) is 15.1. The Labute approximate surface area is 124 Å². The van der Waals surface area contributed by atoms with Gasteiger partial charge < -0.3 is 14.8 Å². The Morgan fingerprint density at radius 3 is 2.81 bits per heavy atom. The molecule has 1 saturated carbocycles. The van der Waals surface area contributed by atoms with Gasteiger partial charge in [-0.05, 0) is 30.9 Å². The van der Waals surface area contributed by atoms with Crippen molar-refractivity contribution in [2.75, 3.05) is 19.8 Å². The topological polar surface area (TPSA) is 73.6 Å². The van der Waals surface area contributed by atoms with Gasteiger partial charge in [-0.1, -0.05) is 13.0 Å². The van der Waals surface area contributed by atoms with E-state index < -0.39 is 4.92 Å². The van der Waals surface area contributed by atoms with Crippen molar-refractivity contribution in [3.05, 3.63) is 33.9 Å². The summed E-state index contributed by atoms with van der Waals surface area (Å²) in [6.07, 6.45) is 3.34. The summed E-state index contributed by atoms with van der Waals surface area (Å²) in [5, 5.41) is 14.5. The third kappa shape index (κ3) is 5.32. The van der Waals surface area contributed by atoms with Crippen LogP contribution in [0.3, 0.4) is 0 Å². The van der Waals surface area contributed by atoms with Gasteiger partial charge in [0.1, 0.15) is 6.61 Å². The molecule has 1 aromatic rings. The van der Waals surface area contributed by atoms with E-state index in [1.54, 1.807) is 12.1 Å². The molecule has 0 unspecified atom stereocenters. The first-order valence-corrected chi connectivity index (χ1v) is 7.42. The van der Waals surface area contributed by atoms with Crippen LogP contribution in [0.4, 0.5) is 5.69 Å². The van der Waals surface area contributed by atoms with Crippen molar-refractivity contribution in [1.29, 1.82) is 0 Å². The maximum Gasteiger partial charge on any atom is 0.311 e. The number of ether oxygens (including phenoxy) is 2. The summed E-state index contributed by atoms with van der Waals surface area (Å²) < 4.78 is 10.7. The lowest BCUT2D eigenvalue weighted by Crippen LogP contribution is -2.15. The quantitative estimate of drug-likeness (QED) is 0.408. The third-order valence-electron chi connectivity index (χ3n) is 3.23. The van der Waals surface area contributed by atoms with Gasteiger partial charge in [0, 0.05) is 25.3 Å². The number of nitrogens with one attached hydrogen (secondary N) is 1. The lowest BCUT2D eigenvalue weighted by molar-refractivity contribution is -0.386. The zero-order valence-electron chi connectivity index (χ0n) is 12.3. The lowest BCUT2D eigenvalue weighted by atomic mass is 10.2. The standard InChI is InChI=1S/C15H22N2O4/c1-2-7-20-8-9-21-15-6-3-12(10-14(15)17(18)19)11-16-13-4-5-13/h3,6,10,13,16H,2,4-5,7-9,11H2,1H3. The maximum absolute atomic E-state index is 11.1. The molecule has 0 aromatic heterocycles. The molecule has 0 aliphatic heterocycles. The Morgan fingerprint density at radius 1 is 1.33 bits per heavy atom. The van der Waals surface area contributed by atoms with Crippen molar-refractivity contribution in [2.45, 2.75) is 38.8 Å². The molecule has 0 heterocycles. The fourth-order valence-electron chi connectivity index (χ4n) is 1.94. The molecule has 1 N–H and O–H groups in total. The van der Waals surface area contributed by atoms with E-state index in [0.717, 1.165) is 12.0 Å². The molecule has 2 rings (SSSR count). The second kappa shape index (κ2) is 7.95. The fourth-order valence-corrected chi connectivity index (χ4v) is 1.94. The molecule has 0 spiro atoms. The molecular formula is C15H22N2O4. The normalized spacial score (nSPS) is 14.1. The first-order chi connectivity index (χ1) is 10.2. The van der Waals surface area contributed by atoms with Gasteiger partial charge in [0.2, 0.25) is 0 Å². The summed E-state index contributed by atoms with van der Waals surface area (Å²) in [5.74, 6) is 0.301. The summed E-state index contributed by atoms with van der Waals surface area (Å²) in [6, 6.07) is 5.69. The van der Waals surface area contributed by atoms with Crippen LogP contribution >= 0.6 is 0 Å². The van der Waals surface area contributed by atoms with Crippen LogP contribution in [0.25, 0.3) is 0 Å². The lowest BCUT2D eigenvalue weighted by Gasteiger charge is -2.09. The number of hydrogen-bond donors (Lipinski definition) is 1. The van der Waals surface area contributed by atoms with Crippen LogP contribution in [0.1, 0.15) is 31.7 Å². The van der Waals surface area contributed by atoms with Crippen LogP contribution in [-0.4, -0.2) is 30.8 Å². The van der Waals surface area contributed by atoms with Gasteiger partial charge in [-0.25, -0.2) is 0 Å². The van der Waals surface area contributed by atoms with Crippen molar-refractivity contribution in [3.63, 3.8) is 0 Å². The van der Waals surface area contributed by atoms with Crippen LogP contribution < -0.4 is 10.1 Å². The van der Waals surface area contributed by atoms with Crippen LogP contribution in [0.2, 0.25) is 0 Å². The van der Waals surface area contributed by atoms with Crippen LogP contribution in [-0.2, 0) is 11.3 Å². The highest BCUT2D eigenvalue weighted by Crippen LogP contribution is 2.28. The van der Waals surface area contributed by atoms with E-state index in [1.165, 1.54) is 12.8 Å². The highest BCUT2D eigenvalue weighted by atomic mass is 16.6. The SMILES string of the molecule is CCCOCCOc1ccc(CNC2CC2)cc1[N+](=O)[O-]. The van der Waals surface area contributed by atoms with Crippen molar-refractivity contribution in [2.24, 2.45) is 0 Å². The average molecular weight is 294 g/mol. The van der Waals surface area contributed by atoms with Crippen LogP contribution in [0, 0.1) is 10.1 Å². The summed E-state index contributed by atoms with van der Waals surface area (Å²) in [6.45, 7) is 4.12. The molecule has 0 atom stereocenters. The van der Waals surface area contributed by atoms with Crippen molar-refractivity contribution in [1.82, 2.24) is 5.32 Å². The van der Waals surface area contributed by atoms with Crippen molar-refractivity contribution >= 4 is 5.69 Å². The van der Waals surface area contributed by atoms with E-state index in [9.17, 15) is 10.1 Å². The van der Waals surface area contributed by atoms with Crippen LogP contribution in [0.15, 0.2) is 18.2 Å². The minimum atomic E-state index is -0.400. The van der Waals surface area contributed by atoms with E-state index in [4.69, 9.17) is 9.47 Å². The monoisotopic (exact) mass is 294 g/mol. The number of benzene rings is 1. The van der Waals surface area contributed by atoms with E-state index in [-0.39, 0.29) is 5.69 Å². The molecule has 0 saturated heterocycles. The summed E-state index contributed by atoms with van der Waals surface area (Å²) in [5.41, 5.74) is 0.920. The van der Waals surface area contributed by atoms with Gasteiger partial charge in [-0.2, -0.15) is 0 Å². The summed E-state index contributed by atoms with van der Waals surface area (Å²) >= 11 is 0. The first kappa shape index (κ1) is 15.7. The van der Waals surface area contributed by atoms with Gasteiger partial charge in [-0.15, -0.1) is 0 Å². The molecule has 116 valence electrons. The van der Waals surface area contributed by atoms with E-state index in [1.807, 2.05) is 13.0 Å². The molecule has 6 nitrogen and oxygen atoms in total. The number of nitrogens with zero attached hydrogens (tertiary/aromatic N) is 1. The second-order valence-electron chi connectivity index (χ2n) is 5.18. The Hall–Kier alpha value is -1.66. The Morgan fingerprint density at radius 2 is 2.14 bits per heavy atom. The van der Waals surface area contributed by atoms with Crippen LogP contribution in [0.5, 0.6) is 5.75 Å². The first-order valence-electron chi connectivity index (χ1n) is 7.42. The Balaban J connectivity index is 1.90. The molecular weight excluding hydrogens is 272 g/mol. The van der Waals surface area contributed by atoms with Gasteiger partial charge in [0.15, 0.2) is 5.75 Å². The predicted octanol–water partition coefficient (Wildman–Crippen LogP) is 2.65. The highest BCUT2D eigenvalue weighted by molar-refractivity contribution is 5.48. The molecule has 1 aliphatic rings. The highest BCUT2D eigenvalue weighted by Gasteiger charge is 2.21. The van der Waals surface area contributed by atoms with Gasteiger partial charge >= 0.3 is 5.69 Å². The third-order valence-corrected chi connectivity index (χ3v) is 3.23. The Bertz CT molecular complexity index is 475. The molecule has 0 amide bonds. The van der Waals surface area contributed by atoms with Gasteiger partial charge in [-0.3, -0.25) is 10.1 Å². The molecule has 1 fully saturated rings. The van der Waals surface area contributed by atoms with Crippen molar-refractivity contribution < 1.29 is 14.4 Å². The maximum atomic E-state index is 11.1. The van der Waals surface area contributed by atoms with Gasteiger partial charge in [0.05, 0.1) is 11.5 Å². The molecule has 0 radical (unpaired) electrons. The molecule has 21 heavy (non-hydrogen) atoms. The molecule has 1 aliphatic carbocycles. The fraction of sp³-hybridized carbons (Fsp3) is 0.600. The number of rotatable bonds is 10. The van der Waals surface area contributed by atoms with E-state index >= 15 is 0 Å². The van der Waals surface area contributed by atoms with Crippen molar-refractivity contribution in [3.8, 4) is 5.75 Å².